The summed E-state index contributed by atoms with van der Waals surface area (Å²) in [5.41, 5.74) is 6.18. The Labute approximate surface area is 129 Å². The number of fused-ring (bicyclic) bond motifs is 1. The fraction of sp³-hybridized carbons (Fsp3) is 0.143. The van der Waals surface area contributed by atoms with Gasteiger partial charge in [-0.1, -0.05) is 30.0 Å². The number of carbonyl (C=O) groups is 1. The van der Waals surface area contributed by atoms with Crippen LogP contribution in [0.5, 0.6) is 0 Å². The molecule has 0 radical (unpaired) electrons. The number of H-pyrrole nitrogens is 1. The van der Waals surface area contributed by atoms with Gasteiger partial charge in [-0.05, 0) is 19.1 Å². The minimum Gasteiger partial charge on any atom is -0.369 e. The molecule has 0 saturated carbocycles. The zero-order valence-corrected chi connectivity index (χ0v) is 12.5. The summed E-state index contributed by atoms with van der Waals surface area (Å²) >= 11 is 1.11. The molecule has 0 aliphatic carbocycles. The maximum absolute atomic E-state index is 12.1. The van der Waals surface area contributed by atoms with Crippen LogP contribution < -0.4 is 11.3 Å². The molecule has 7 nitrogen and oxygen atoms in total. The molecule has 112 valence electrons. The molecule has 2 heterocycles. The molecule has 0 bridgehead atoms. The number of nitrogens with two attached hydrogens (primary N) is 1. The average molecular weight is 315 g/mol. The average Bonchev–Trinajstić information content (AvgIpc) is 2.92. The van der Waals surface area contributed by atoms with Gasteiger partial charge in [0.15, 0.2) is 10.8 Å². The molecule has 0 saturated heterocycles. The van der Waals surface area contributed by atoms with Gasteiger partial charge in [-0.25, -0.2) is 9.67 Å². The Kier molecular flexibility index (Phi) is 3.68. The van der Waals surface area contributed by atoms with E-state index in [1.54, 1.807) is 11.6 Å². The molecule has 0 aliphatic heterocycles. The molecule has 8 heteroatoms. The summed E-state index contributed by atoms with van der Waals surface area (Å²) in [4.78, 5) is 30.3. The molecule has 3 rings (SSSR count). The van der Waals surface area contributed by atoms with Crippen LogP contribution in [0.4, 0.5) is 0 Å². The Morgan fingerprint density at radius 1 is 1.36 bits per heavy atom. The molecule has 0 unspecified atom stereocenters. The Hall–Kier alpha value is -2.61. The summed E-state index contributed by atoms with van der Waals surface area (Å²) in [6.07, 6.45) is 1.47. The van der Waals surface area contributed by atoms with E-state index in [0.29, 0.717) is 16.2 Å². The third kappa shape index (κ3) is 2.60. The van der Waals surface area contributed by atoms with Crippen LogP contribution in [0.2, 0.25) is 0 Å². The van der Waals surface area contributed by atoms with Gasteiger partial charge in [0.2, 0.25) is 5.91 Å². The van der Waals surface area contributed by atoms with E-state index in [4.69, 9.17) is 5.73 Å². The van der Waals surface area contributed by atoms with Gasteiger partial charge in [0.25, 0.3) is 5.56 Å². The number of hydrogen-bond acceptors (Lipinski definition) is 5. The van der Waals surface area contributed by atoms with Crippen molar-refractivity contribution < 1.29 is 4.79 Å². The predicted octanol–water partition coefficient (Wildman–Crippen LogP) is 1.07. The smallest absolute Gasteiger partial charge is 0.262 e. The lowest BCUT2D eigenvalue weighted by atomic mass is 10.3. The highest BCUT2D eigenvalue weighted by Gasteiger charge is 2.16. The number of aromatic nitrogens is 4. The Bertz CT molecular complexity index is 887. The van der Waals surface area contributed by atoms with Crippen molar-refractivity contribution in [1.29, 1.82) is 0 Å². The van der Waals surface area contributed by atoms with Gasteiger partial charge in [0.05, 0.1) is 17.1 Å². The molecule has 1 aromatic carbocycles. The van der Waals surface area contributed by atoms with E-state index < -0.39 is 11.2 Å². The van der Waals surface area contributed by atoms with Crippen LogP contribution >= 0.6 is 11.8 Å². The highest BCUT2D eigenvalue weighted by molar-refractivity contribution is 8.00. The molecule has 0 aliphatic rings. The number of para-hydroxylation sites is 1. The molecule has 3 aromatic rings. The SMILES string of the molecule is C[C@H](Sc1nc2c(cnn2-c2ccccc2)c(=O)[nH]1)C(N)=O. The third-order valence-electron chi connectivity index (χ3n) is 3.11. The standard InChI is InChI=1S/C14H13N5O2S/c1-8(11(15)20)22-14-17-12-10(13(21)18-14)7-16-19(12)9-5-3-2-4-6-9/h2-8H,1H3,(H2,15,20)(H,17,18,21)/t8-/m0/s1. The second-order valence-corrected chi connectivity index (χ2v) is 5.99. The highest BCUT2D eigenvalue weighted by Crippen LogP contribution is 2.20. The van der Waals surface area contributed by atoms with Crippen LogP contribution in [0, 0.1) is 0 Å². The van der Waals surface area contributed by atoms with Gasteiger partial charge in [-0.15, -0.1) is 0 Å². The monoisotopic (exact) mass is 315 g/mol. The first-order valence-corrected chi connectivity index (χ1v) is 7.43. The van der Waals surface area contributed by atoms with Gasteiger partial charge in [0, 0.05) is 0 Å². The Morgan fingerprint density at radius 2 is 2.09 bits per heavy atom. The second-order valence-electron chi connectivity index (χ2n) is 4.66. The Morgan fingerprint density at radius 3 is 2.77 bits per heavy atom. The molecular formula is C14H13N5O2S. The number of hydrogen-bond donors (Lipinski definition) is 2. The summed E-state index contributed by atoms with van der Waals surface area (Å²) in [6, 6.07) is 9.38. The lowest BCUT2D eigenvalue weighted by Gasteiger charge is -2.07. The molecule has 1 amide bonds. The minimum absolute atomic E-state index is 0.300. The van der Waals surface area contributed by atoms with Crippen LogP contribution in [-0.4, -0.2) is 30.9 Å². The summed E-state index contributed by atoms with van der Waals surface area (Å²) in [5, 5.41) is 4.45. The lowest BCUT2D eigenvalue weighted by molar-refractivity contribution is -0.117. The number of benzene rings is 1. The lowest BCUT2D eigenvalue weighted by Crippen LogP contribution is -2.23. The fourth-order valence-electron chi connectivity index (χ4n) is 1.94. The fourth-order valence-corrected chi connectivity index (χ4v) is 2.68. The van der Waals surface area contributed by atoms with Crippen molar-refractivity contribution >= 4 is 28.7 Å². The number of amides is 1. The highest BCUT2D eigenvalue weighted by atomic mass is 32.2. The van der Waals surface area contributed by atoms with Crippen LogP contribution in [-0.2, 0) is 4.79 Å². The van der Waals surface area contributed by atoms with Gasteiger partial charge < -0.3 is 10.7 Å². The van der Waals surface area contributed by atoms with Gasteiger partial charge in [-0.3, -0.25) is 9.59 Å². The van der Waals surface area contributed by atoms with Gasteiger partial charge in [0.1, 0.15) is 5.39 Å². The van der Waals surface area contributed by atoms with E-state index in [-0.39, 0.29) is 5.56 Å². The minimum atomic E-state index is -0.492. The van der Waals surface area contributed by atoms with Gasteiger partial charge >= 0.3 is 0 Å². The van der Waals surface area contributed by atoms with E-state index in [0.717, 1.165) is 17.4 Å². The molecule has 0 fully saturated rings. The number of nitrogens with zero attached hydrogens (tertiary/aromatic N) is 3. The Balaban J connectivity index is 2.12. The van der Waals surface area contributed by atoms with Gasteiger partial charge in [-0.2, -0.15) is 5.10 Å². The molecule has 0 spiro atoms. The van der Waals surface area contributed by atoms with E-state index in [1.165, 1.54) is 6.20 Å². The zero-order valence-electron chi connectivity index (χ0n) is 11.7. The second kappa shape index (κ2) is 5.64. The molecule has 1 atom stereocenters. The maximum Gasteiger partial charge on any atom is 0.262 e. The number of rotatable bonds is 4. The molecule has 22 heavy (non-hydrogen) atoms. The van der Waals surface area contributed by atoms with Crippen molar-refractivity contribution in [2.75, 3.05) is 0 Å². The number of nitrogens with one attached hydrogen (secondary N) is 1. The number of aromatic amines is 1. The van der Waals surface area contributed by atoms with Crippen LogP contribution in [0.15, 0.2) is 46.5 Å². The first-order chi connectivity index (χ1) is 10.6. The van der Waals surface area contributed by atoms with Crippen molar-refractivity contribution in [3.05, 3.63) is 46.9 Å². The summed E-state index contributed by atoms with van der Waals surface area (Å²) in [5.74, 6) is -0.468. The van der Waals surface area contributed by atoms with Crippen molar-refractivity contribution in [3.8, 4) is 5.69 Å². The molecular weight excluding hydrogens is 302 g/mol. The van der Waals surface area contributed by atoms with E-state index in [9.17, 15) is 9.59 Å². The number of thioether (sulfide) groups is 1. The summed E-state index contributed by atoms with van der Waals surface area (Å²) < 4.78 is 1.59. The van der Waals surface area contributed by atoms with Crippen molar-refractivity contribution in [2.45, 2.75) is 17.3 Å². The molecule has 3 N–H and O–H groups in total. The third-order valence-corrected chi connectivity index (χ3v) is 4.11. The summed E-state index contributed by atoms with van der Waals surface area (Å²) in [6.45, 7) is 1.66. The maximum atomic E-state index is 12.1. The van der Waals surface area contributed by atoms with Crippen molar-refractivity contribution in [1.82, 2.24) is 19.7 Å². The largest absolute Gasteiger partial charge is 0.369 e. The van der Waals surface area contributed by atoms with E-state index >= 15 is 0 Å². The van der Waals surface area contributed by atoms with Crippen LogP contribution in [0.1, 0.15) is 6.92 Å². The topological polar surface area (TPSA) is 107 Å². The van der Waals surface area contributed by atoms with E-state index in [2.05, 4.69) is 15.1 Å². The van der Waals surface area contributed by atoms with Crippen LogP contribution in [0.3, 0.4) is 0 Å². The predicted molar refractivity (Wildman–Crippen MR) is 84.0 cm³/mol. The van der Waals surface area contributed by atoms with Crippen molar-refractivity contribution in [2.24, 2.45) is 5.73 Å². The van der Waals surface area contributed by atoms with E-state index in [1.807, 2.05) is 30.3 Å². The summed E-state index contributed by atoms with van der Waals surface area (Å²) in [7, 11) is 0. The zero-order chi connectivity index (χ0) is 15.7. The normalized spacial score (nSPS) is 12.4. The number of carbonyl (C=O) groups excluding carboxylic acids is 1. The first kappa shape index (κ1) is 14.3. The first-order valence-electron chi connectivity index (χ1n) is 6.55. The van der Waals surface area contributed by atoms with Crippen LogP contribution in [0.25, 0.3) is 16.7 Å². The van der Waals surface area contributed by atoms with Crippen molar-refractivity contribution in [3.63, 3.8) is 0 Å². The molecule has 2 aromatic heterocycles. The number of primary amides is 1. The quantitative estimate of drug-likeness (QED) is 0.553.